The lowest BCUT2D eigenvalue weighted by molar-refractivity contribution is 0.391. The van der Waals surface area contributed by atoms with Crippen LogP contribution in [0.5, 0.6) is 11.5 Å². The van der Waals surface area contributed by atoms with Crippen molar-refractivity contribution in [3.05, 3.63) is 70.6 Å². The normalized spacial score (nSPS) is 10.8. The summed E-state index contributed by atoms with van der Waals surface area (Å²) in [6, 6.07) is 15.1. The van der Waals surface area contributed by atoms with E-state index < -0.39 is 0 Å². The molecular formula is C20H19N5O3. The fourth-order valence-electron chi connectivity index (χ4n) is 2.94. The van der Waals surface area contributed by atoms with E-state index in [0.717, 1.165) is 11.3 Å². The second-order valence-electron chi connectivity index (χ2n) is 6.08. The van der Waals surface area contributed by atoms with Gasteiger partial charge in [-0.1, -0.05) is 18.2 Å². The van der Waals surface area contributed by atoms with Gasteiger partial charge in [0.1, 0.15) is 16.9 Å². The lowest BCUT2D eigenvalue weighted by Gasteiger charge is -2.11. The predicted molar refractivity (Wildman–Crippen MR) is 106 cm³/mol. The first-order chi connectivity index (χ1) is 13.7. The average Bonchev–Trinajstić information content (AvgIpc) is 3.17. The number of anilines is 1. The number of hydrogen-bond acceptors (Lipinski definition) is 6. The maximum Gasteiger partial charge on any atom is 0.263 e. The van der Waals surface area contributed by atoms with E-state index in [1.54, 1.807) is 25.0 Å². The number of nitrogens with one attached hydrogen (secondary N) is 2. The summed E-state index contributed by atoms with van der Waals surface area (Å²) in [5.41, 5.74) is 1.97. The highest BCUT2D eigenvalue weighted by molar-refractivity contribution is 5.76. The van der Waals surface area contributed by atoms with E-state index in [2.05, 4.69) is 20.4 Å². The molecule has 0 atom stereocenters. The van der Waals surface area contributed by atoms with Gasteiger partial charge in [0, 0.05) is 18.2 Å². The highest BCUT2D eigenvalue weighted by Gasteiger charge is 2.12. The maximum absolute atomic E-state index is 12.4. The first-order valence-corrected chi connectivity index (χ1v) is 8.68. The number of benzene rings is 2. The molecule has 0 fully saturated rings. The Kier molecular flexibility index (Phi) is 4.67. The molecule has 0 unspecified atom stereocenters. The zero-order valence-corrected chi connectivity index (χ0v) is 15.5. The van der Waals surface area contributed by atoms with Gasteiger partial charge in [-0.2, -0.15) is 10.1 Å². The number of methoxy groups -OCH3 is 2. The van der Waals surface area contributed by atoms with E-state index in [-0.39, 0.29) is 5.56 Å². The van der Waals surface area contributed by atoms with Crippen LogP contribution in [0.15, 0.2) is 59.5 Å². The summed E-state index contributed by atoms with van der Waals surface area (Å²) in [6.07, 6.45) is 1.52. The maximum atomic E-state index is 12.4. The summed E-state index contributed by atoms with van der Waals surface area (Å²) in [5.74, 6) is 1.75. The van der Waals surface area contributed by atoms with Crippen LogP contribution in [0.4, 0.5) is 5.95 Å². The van der Waals surface area contributed by atoms with E-state index in [1.165, 1.54) is 6.20 Å². The second-order valence-corrected chi connectivity index (χ2v) is 6.08. The number of fused-ring (bicyclic) bond motifs is 1. The highest BCUT2D eigenvalue weighted by atomic mass is 16.5. The molecule has 0 amide bonds. The Morgan fingerprint density at radius 3 is 2.68 bits per heavy atom. The molecule has 0 aliphatic heterocycles. The number of ether oxygens (including phenoxy) is 2. The molecule has 0 saturated carbocycles. The van der Waals surface area contributed by atoms with Crippen molar-refractivity contribution in [2.45, 2.75) is 6.54 Å². The third-order valence-electron chi connectivity index (χ3n) is 4.38. The van der Waals surface area contributed by atoms with E-state index in [9.17, 15) is 4.79 Å². The number of hydrogen-bond donors (Lipinski definition) is 2. The Morgan fingerprint density at radius 2 is 1.93 bits per heavy atom. The minimum Gasteiger partial charge on any atom is -0.497 e. The molecule has 8 nitrogen and oxygen atoms in total. The molecule has 0 saturated heterocycles. The molecule has 0 aliphatic rings. The Morgan fingerprint density at radius 1 is 1.11 bits per heavy atom. The number of H-pyrrole nitrogens is 1. The minimum absolute atomic E-state index is 0.253. The number of nitrogens with zero attached hydrogens (tertiary/aromatic N) is 3. The molecule has 2 aromatic heterocycles. The van der Waals surface area contributed by atoms with E-state index in [4.69, 9.17) is 9.47 Å². The van der Waals surface area contributed by atoms with Gasteiger partial charge < -0.3 is 14.8 Å². The summed E-state index contributed by atoms with van der Waals surface area (Å²) in [6.45, 7) is 0.418. The summed E-state index contributed by atoms with van der Waals surface area (Å²) >= 11 is 0. The molecule has 0 aliphatic carbocycles. The van der Waals surface area contributed by atoms with Crippen molar-refractivity contribution in [1.29, 1.82) is 0 Å². The molecule has 4 rings (SSSR count). The van der Waals surface area contributed by atoms with Crippen molar-refractivity contribution < 1.29 is 9.47 Å². The zero-order valence-electron chi connectivity index (χ0n) is 15.5. The number of para-hydroxylation sites is 1. The third-order valence-corrected chi connectivity index (χ3v) is 4.38. The van der Waals surface area contributed by atoms with E-state index >= 15 is 0 Å². The molecule has 8 heteroatoms. The van der Waals surface area contributed by atoms with Gasteiger partial charge in [0.15, 0.2) is 5.65 Å². The molecule has 142 valence electrons. The second kappa shape index (κ2) is 7.43. The fourth-order valence-corrected chi connectivity index (χ4v) is 2.94. The van der Waals surface area contributed by atoms with Gasteiger partial charge >= 0.3 is 0 Å². The zero-order chi connectivity index (χ0) is 19.5. The van der Waals surface area contributed by atoms with E-state index in [1.807, 2.05) is 42.5 Å². The topological polar surface area (TPSA) is 94.1 Å². The van der Waals surface area contributed by atoms with Gasteiger partial charge in [0.2, 0.25) is 5.95 Å². The first-order valence-electron chi connectivity index (χ1n) is 8.68. The van der Waals surface area contributed by atoms with Crippen LogP contribution in [-0.2, 0) is 6.54 Å². The van der Waals surface area contributed by atoms with Crippen LogP contribution in [0, 0.1) is 0 Å². The quantitative estimate of drug-likeness (QED) is 0.537. The van der Waals surface area contributed by atoms with Crippen molar-refractivity contribution in [2.24, 2.45) is 0 Å². The van der Waals surface area contributed by atoms with Gasteiger partial charge in [0.05, 0.1) is 26.1 Å². The van der Waals surface area contributed by atoms with Gasteiger partial charge in [-0.05, 0) is 24.3 Å². The summed E-state index contributed by atoms with van der Waals surface area (Å²) < 4.78 is 12.3. The average molecular weight is 377 g/mol. The number of rotatable bonds is 6. The monoisotopic (exact) mass is 377 g/mol. The van der Waals surface area contributed by atoms with Crippen LogP contribution in [-0.4, -0.2) is 34.0 Å². The molecule has 0 bridgehead atoms. The van der Waals surface area contributed by atoms with Gasteiger partial charge in [0.25, 0.3) is 5.56 Å². The minimum atomic E-state index is -0.253. The predicted octanol–water partition coefficient (Wildman–Crippen LogP) is 2.74. The molecule has 2 aromatic carbocycles. The summed E-state index contributed by atoms with van der Waals surface area (Å²) in [4.78, 5) is 19.7. The lowest BCUT2D eigenvalue weighted by atomic mass is 10.2. The van der Waals surface area contributed by atoms with Crippen molar-refractivity contribution in [1.82, 2.24) is 19.7 Å². The molecule has 0 spiro atoms. The van der Waals surface area contributed by atoms with Crippen molar-refractivity contribution in [3.8, 4) is 17.2 Å². The fraction of sp³-hybridized carbons (Fsp3) is 0.150. The Bertz CT molecular complexity index is 1170. The number of aromatic nitrogens is 4. The molecule has 28 heavy (non-hydrogen) atoms. The van der Waals surface area contributed by atoms with Crippen LogP contribution in [0.25, 0.3) is 16.7 Å². The molecule has 2 heterocycles. The molecule has 2 N–H and O–H groups in total. The van der Waals surface area contributed by atoms with Crippen LogP contribution in [0.2, 0.25) is 0 Å². The van der Waals surface area contributed by atoms with Crippen molar-refractivity contribution >= 4 is 17.0 Å². The highest BCUT2D eigenvalue weighted by Crippen LogP contribution is 2.25. The number of aromatic amines is 1. The third kappa shape index (κ3) is 3.27. The Balaban J connectivity index is 1.66. The molecule has 0 radical (unpaired) electrons. The summed E-state index contributed by atoms with van der Waals surface area (Å²) in [7, 11) is 3.20. The van der Waals surface area contributed by atoms with Crippen LogP contribution >= 0.6 is 0 Å². The van der Waals surface area contributed by atoms with Crippen LogP contribution < -0.4 is 20.3 Å². The summed E-state index contributed by atoms with van der Waals surface area (Å²) in [5, 5.41) is 7.88. The standard InChI is InChI=1S/C20H19N5O3/c1-27-15-9-8-13(17(10-15)28-2)11-21-20-23-18-16(19(26)24-20)12-22-25(18)14-6-4-3-5-7-14/h3-10,12H,11H2,1-2H3,(H2,21,23,24,26). The van der Waals surface area contributed by atoms with Gasteiger partial charge in [-0.15, -0.1) is 0 Å². The van der Waals surface area contributed by atoms with Gasteiger partial charge in [-0.3, -0.25) is 9.78 Å². The Hall–Kier alpha value is -3.81. The Labute approximate surface area is 160 Å². The smallest absolute Gasteiger partial charge is 0.263 e. The molecule has 4 aromatic rings. The van der Waals surface area contributed by atoms with Crippen LogP contribution in [0.1, 0.15) is 5.56 Å². The largest absolute Gasteiger partial charge is 0.497 e. The van der Waals surface area contributed by atoms with Crippen molar-refractivity contribution in [2.75, 3.05) is 19.5 Å². The van der Waals surface area contributed by atoms with Crippen molar-refractivity contribution in [3.63, 3.8) is 0 Å². The van der Waals surface area contributed by atoms with Crippen LogP contribution in [0.3, 0.4) is 0 Å². The van der Waals surface area contributed by atoms with Gasteiger partial charge in [-0.25, -0.2) is 4.68 Å². The first kappa shape index (κ1) is 17.6. The lowest BCUT2D eigenvalue weighted by Crippen LogP contribution is -2.14. The SMILES string of the molecule is COc1ccc(CNc2nc3c(cnn3-c3ccccc3)c(=O)[nH]2)c(OC)c1. The van der Waals surface area contributed by atoms with E-state index in [0.29, 0.717) is 35.0 Å². The molecular weight excluding hydrogens is 358 g/mol.